The minimum atomic E-state index is -0.739. The molecule has 0 aliphatic carbocycles. The van der Waals surface area contributed by atoms with Crippen molar-refractivity contribution in [2.24, 2.45) is 5.73 Å². The summed E-state index contributed by atoms with van der Waals surface area (Å²) >= 11 is 0. The van der Waals surface area contributed by atoms with Crippen molar-refractivity contribution in [3.8, 4) is 0 Å². The molecule has 0 bridgehead atoms. The fourth-order valence-electron chi connectivity index (χ4n) is 1.62. The minimum absolute atomic E-state index is 0.433. The van der Waals surface area contributed by atoms with E-state index in [-0.39, 0.29) is 0 Å². The molecule has 1 aromatic heterocycles. The van der Waals surface area contributed by atoms with Gasteiger partial charge < -0.3 is 15.5 Å². The molecule has 1 unspecified atom stereocenters. The number of ether oxygens (including phenoxy) is 1. The minimum Gasteiger partial charge on any atom is -0.468 e. The van der Waals surface area contributed by atoms with Gasteiger partial charge in [-0.15, -0.1) is 0 Å². The van der Waals surface area contributed by atoms with Gasteiger partial charge in [0.1, 0.15) is 6.04 Å². The molecule has 1 aromatic carbocycles. The van der Waals surface area contributed by atoms with Crippen LogP contribution in [0.4, 0.5) is 0 Å². The van der Waals surface area contributed by atoms with E-state index in [0.29, 0.717) is 0 Å². The van der Waals surface area contributed by atoms with E-state index in [0.717, 1.165) is 16.5 Å². The van der Waals surface area contributed by atoms with Crippen LogP contribution in [0.1, 0.15) is 11.6 Å². The first-order chi connectivity index (χ1) is 7.24. The molecule has 0 amide bonds. The standard InChI is InChI=1S/C11H12N2O2/c1-15-11(14)9(12)8-4-2-3-7-5-6-13-10(7)8/h2-6,9,13H,12H2,1H3. The van der Waals surface area contributed by atoms with Crippen LogP contribution in [-0.4, -0.2) is 18.1 Å². The van der Waals surface area contributed by atoms with Gasteiger partial charge in [-0.3, -0.25) is 4.79 Å². The average molecular weight is 204 g/mol. The average Bonchev–Trinajstić information content (AvgIpc) is 2.74. The maximum Gasteiger partial charge on any atom is 0.327 e. The quantitative estimate of drug-likeness (QED) is 0.725. The Kier molecular flexibility index (Phi) is 2.43. The third-order valence-corrected chi connectivity index (χ3v) is 2.41. The second-order valence-corrected chi connectivity index (χ2v) is 3.29. The van der Waals surface area contributed by atoms with E-state index in [1.165, 1.54) is 7.11 Å². The van der Waals surface area contributed by atoms with Gasteiger partial charge in [0.05, 0.1) is 12.6 Å². The molecule has 3 N–H and O–H groups in total. The van der Waals surface area contributed by atoms with Crippen LogP contribution in [0.15, 0.2) is 30.5 Å². The molecule has 0 saturated carbocycles. The summed E-state index contributed by atoms with van der Waals surface area (Å²) in [6, 6.07) is 6.84. The fourth-order valence-corrected chi connectivity index (χ4v) is 1.62. The molecule has 0 aliphatic rings. The first-order valence-corrected chi connectivity index (χ1v) is 4.63. The molecule has 2 aromatic rings. The lowest BCUT2D eigenvalue weighted by atomic mass is 10.1. The zero-order chi connectivity index (χ0) is 10.8. The van der Waals surface area contributed by atoms with Gasteiger partial charge in [0.15, 0.2) is 0 Å². The summed E-state index contributed by atoms with van der Waals surface area (Å²) in [4.78, 5) is 14.4. The van der Waals surface area contributed by atoms with Gasteiger partial charge in [0.25, 0.3) is 0 Å². The van der Waals surface area contributed by atoms with E-state index in [4.69, 9.17) is 5.73 Å². The molecule has 0 aliphatic heterocycles. The summed E-state index contributed by atoms with van der Waals surface area (Å²) in [5.74, 6) is -0.433. The van der Waals surface area contributed by atoms with E-state index in [1.54, 1.807) is 0 Å². The number of esters is 1. The summed E-state index contributed by atoms with van der Waals surface area (Å²) < 4.78 is 4.61. The van der Waals surface area contributed by atoms with Gasteiger partial charge in [0.2, 0.25) is 0 Å². The summed E-state index contributed by atoms with van der Waals surface area (Å²) in [5.41, 5.74) is 7.42. The molecule has 1 atom stereocenters. The van der Waals surface area contributed by atoms with Crippen LogP contribution in [0, 0.1) is 0 Å². The molecule has 0 saturated heterocycles. The lowest BCUT2D eigenvalue weighted by molar-refractivity contribution is -0.142. The van der Waals surface area contributed by atoms with Crippen molar-refractivity contribution in [1.82, 2.24) is 4.98 Å². The molecular weight excluding hydrogens is 192 g/mol. The van der Waals surface area contributed by atoms with E-state index in [2.05, 4.69) is 9.72 Å². The number of aromatic nitrogens is 1. The number of hydrogen-bond donors (Lipinski definition) is 2. The molecule has 1 heterocycles. The smallest absolute Gasteiger partial charge is 0.327 e. The van der Waals surface area contributed by atoms with Crippen molar-refractivity contribution in [3.05, 3.63) is 36.0 Å². The number of fused-ring (bicyclic) bond motifs is 1. The van der Waals surface area contributed by atoms with Gasteiger partial charge in [-0.05, 0) is 11.5 Å². The molecule has 15 heavy (non-hydrogen) atoms. The normalized spacial score (nSPS) is 12.7. The van der Waals surface area contributed by atoms with Crippen molar-refractivity contribution >= 4 is 16.9 Å². The Balaban J connectivity index is 2.51. The molecule has 78 valence electrons. The van der Waals surface area contributed by atoms with E-state index >= 15 is 0 Å². The van der Waals surface area contributed by atoms with Crippen LogP contribution in [0.2, 0.25) is 0 Å². The number of carbonyl (C=O) groups is 1. The summed E-state index contributed by atoms with van der Waals surface area (Å²) in [5, 5.41) is 1.03. The van der Waals surface area contributed by atoms with Crippen LogP contribution >= 0.6 is 0 Å². The largest absolute Gasteiger partial charge is 0.468 e. The van der Waals surface area contributed by atoms with E-state index < -0.39 is 12.0 Å². The van der Waals surface area contributed by atoms with Crippen LogP contribution in [0.3, 0.4) is 0 Å². The topological polar surface area (TPSA) is 68.1 Å². The van der Waals surface area contributed by atoms with Gasteiger partial charge >= 0.3 is 5.97 Å². The monoisotopic (exact) mass is 204 g/mol. The van der Waals surface area contributed by atoms with Crippen LogP contribution in [0.5, 0.6) is 0 Å². The first kappa shape index (κ1) is 9.73. The predicted octanol–water partition coefficient (Wildman–Crippen LogP) is 1.34. The van der Waals surface area contributed by atoms with E-state index in [1.807, 2.05) is 30.5 Å². The van der Waals surface area contributed by atoms with Gasteiger partial charge in [-0.1, -0.05) is 18.2 Å². The maximum absolute atomic E-state index is 11.3. The second kappa shape index (κ2) is 3.74. The SMILES string of the molecule is COC(=O)C(N)c1cccc2cc[nH]c12. The highest BCUT2D eigenvalue weighted by Gasteiger charge is 2.18. The number of H-pyrrole nitrogens is 1. The van der Waals surface area contributed by atoms with Crippen LogP contribution < -0.4 is 5.73 Å². The van der Waals surface area contributed by atoms with Crippen molar-refractivity contribution in [1.29, 1.82) is 0 Å². The Morgan fingerprint density at radius 1 is 1.47 bits per heavy atom. The number of para-hydroxylation sites is 1. The molecule has 0 spiro atoms. The summed E-state index contributed by atoms with van der Waals surface area (Å²) in [6.45, 7) is 0. The van der Waals surface area contributed by atoms with Crippen LogP contribution in [0.25, 0.3) is 10.9 Å². The van der Waals surface area contributed by atoms with Gasteiger partial charge in [0, 0.05) is 11.8 Å². The Morgan fingerprint density at radius 3 is 3.00 bits per heavy atom. The summed E-state index contributed by atoms with van der Waals surface area (Å²) in [7, 11) is 1.33. The molecule has 0 radical (unpaired) electrons. The highest BCUT2D eigenvalue weighted by molar-refractivity contribution is 5.88. The molecular formula is C11H12N2O2. The molecule has 2 rings (SSSR count). The first-order valence-electron chi connectivity index (χ1n) is 4.63. The Labute approximate surface area is 87.0 Å². The van der Waals surface area contributed by atoms with Crippen molar-refractivity contribution < 1.29 is 9.53 Å². The molecule has 4 nitrogen and oxygen atoms in total. The lowest BCUT2D eigenvalue weighted by Crippen LogP contribution is -2.22. The third-order valence-electron chi connectivity index (χ3n) is 2.41. The number of rotatable bonds is 2. The summed E-state index contributed by atoms with van der Waals surface area (Å²) in [6.07, 6.45) is 1.82. The predicted molar refractivity (Wildman–Crippen MR) is 57.2 cm³/mol. The maximum atomic E-state index is 11.3. The van der Waals surface area contributed by atoms with Crippen molar-refractivity contribution in [2.75, 3.05) is 7.11 Å². The highest BCUT2D eigenvalue weighted by Crippen LogP contribution is 2.22. The second-order valence-electron chi connectivity index (χ2n) is 3.29. The zero-order valence-corrected chi connectivity index (χ0v) is 8.36. The fraction of sp³-hybridized carbons (Fsp3) is 0.182. The van der Waals surface area contributed by atoms with Crippen molar-refractivity contribution in [2.45, 2.75) is 6.04 Å². The number of hydrogen-bond acceptors (Lipinski definition) is 3. The number of methoxy groups -OCH3 is 1. The molecule has 4 heteroatoms. The van der Waals surface area contributed by atoms with Gasteiger partial charge in [-0.2, -0.15) is 0 Å². The zero-order valence-electron chi connectivity index (χ0n) is 8.36. The third kappa shape index (κ3) is 1.59. The Hall–Kier alpha value is -1.81. The Morgan fingerprint density at radius 2 is 2.27 bits per heavy atom. The van der Waals surface area contributed by atoms with Crippen LogP contribution in [-0.2, 0) is 9.53 Å². The lowest BCUT2D eigenvalue weighted by Gasteiger charge is -2.10. The highest BCUT2D eigenvalue weighted by atomic mass is 16.5. The van der Waals surface area contributed by atoms with Crippen molar-refractivity contribution in [3.63, 3.8) is 0 Å². The molecule has 0 fully saturated rings. The number of carbonyl (C=O) groups excluding carboxylic acids is 1. The number of nitrogens with one attached hydrogen (secondary N) is 1. The van der Waals surface area contributed by atoms with Gasteiger partial charge in [-0.25, -0.2) is 0 Å². The number of aromatic amines is 1. The Bertz CT molecular complexity index is 490. The number of nitrogens with two attached hydrogens (primary N) is 1. The number of benzene rings is 1. The van der Waals surface area contributed by atoms with E-state index in [9.17, 15) is 4.79 Å².